The Hall–Kier alpha value is -1.68. The van der Waals surface area contributed by atoms with E-state index in [0.717, 1.165) is 32.7 Å². The van der Waals surface area contributed by atoms with Crippen molar-refractivity contribution in [3.8, 4) is 5.88 Å². The second-order valence-corrected chi connectivity index (χ2v) is 8.92. The number of rotatable bonds is 7. The predicted octanol–water partition coefficient (Wildman–Crippen LogP) is 1.18. The molecule has 0 bridgehead atoms. The highest BCUT2D eigenvalue weighted by Crippen LogP contribution is 2.36. The van der Waals surface area contributed by atoms with Crippen LogP contribution in [0.25, 0.3) is 0 Å². The minimum atomic E-state index is -0.602. The van der Waals surface area contributed by atoms with Crippen LogP contribution in [0.1, 0.15) is 45.0 Å². The molecule has 1 aromatic heterocycles. The van der Waals surface area contributed by atoms with Crippen LogP contribution in [0.5, 0.6) is 5.88 Å². The first-order chi connectivity index (χ1) is 14.1. The summed E-state index contributed by atoms with van der Waals surface area (Å²) < 4.78 is 23.3. The molecule has 0 spiro atoms. The van der Waals surface area contributed by atoms with Crippen molar-refractivity contribution in [1.29, 1.82) is 0 Å². The zero-order chi connectivity index (χ0) is 21.9. The molecular weight excluding hydrogens is 385 g/mol. The highest BCUT2D eigenvalue weighted by Gasteiger charge is 2.52. The summed E-state index contributed by atoms with van der Waals surface area (Å²) in [5.74, 6) is -0.180. The van der Waals surface area contributed by atoms with Gasteiger partial charge in [0.05, 0.1) is 17.8 Å². The van der Waals surface area contributed by atoms with E-state index in [4.69, 9.17) is 18.8 Å². The van der Waals surface area contributed by atoms with E-state index >= 15 is 0 Å². The van der Waals surface area contributed by atoms with Crippen molar-refractivity contribution in [1.82, 2.24) is 14.8 Å². The molecule has 0 unspecified atom stereocenters. The summed E-state index contributed by atoms with van der Waals surface area (Å²) in [7, 11) is 1.53. The second-order valence-electron chi connectivity index (χ2n) is 8.92. The predicted molar refractivity (Wildman–Crippen MR) is 115 cm³/mol. The van der Waals surface area contributed by atoms with Gasteiger partial charge in [-0.25, -0.2) is 9.78 Å². The van der Waals surface area contributed by atoms with Gasteiger partial charge in [-0.2, -0.15) is 0 Å². The molecule has 0 aliphatic carbocycles. The van der Waals surface area contributed by atoms with Crippen molar-refractivity contribution >= 4 is 18.6 Å². The summed E-state index contributed by atoms with van der Waals surface area (Å²) in [6, 6.07) is 1.71. The minimum Gasteiger partial charge on any atom is -0.476 e. The Morgan fingerprint density at radius 3 is 2.40 bits per heavy atom. The smallest absolute Gasteiger partial charge is 0.476 e. The fourth-order valence-electron chi connectivity index (χ4n) is 3.39. The molecule has 2 aliphatic rings. The van der Waals surface area contributed by atoms with Gasteiger partial charge < -0.3 is 23.7 Å². The average molecular weight is 419 g/mol. The van der Waals surface area contributed by atoms with E-state index in [0.29, 0.717) is 17.6 Å². The second kappa shape index (κ2) is 9.22. The number of carbonyl (C=O) groups excluding carboxylic acids is 1. The standard InChI is InChI=1S/C21H34BN3O5/c1-7-27-19(26)17-14-16(22-29-20(2,3)21(4,5)30-22)15-23-18(17)28-13-12-25-10-8-24(6)9-11-25/h14-15H,7-13H2,1-6H3. The first-order valence-corrected chi connectivity index (χ1v) is 10.7. The highest BCUT2D eigenvalue weighted by molar-refractivity contribution is 6.62. The number of piperazine rings is 1. The van der Waals surface area contributed by atoms with Gasteiger partial charge >= 0.3 is 13.1 Å². The van der Waals surface area contributed by atoms with E-state index in [9.17, 15) is 4.79 Å². The number of pyridine rings is 1. The van der Waals surface area contributed by atoms with Crippen molar-refractivity contribution in [2.45, 2.75) is 45.8 Å². The van der Waals surface area contributed by atoms with Gasteiger partial charge in [0, 0.05) is 44.4 Å². The maximum Gasteiger partial charge on any atom is 0.496 e. The SMILES string of the molecule is CCOC(=O)c1cc(B2OC(C)(C)C(C)(C)O2)cnc1OCCN1CCN(C)CC1. The molecule has 30 heavy (non-hydrogen) atoms. The van der Waals surface area contributed by atoms with Crippen LogP contribution in [0.15, 0.2) is 12.3 Å². The Balaban J connectivity index is 1.71. The van der Waals surface area contributed by atoms with E-state index in [2.05, 4.69) is 21.8 Å². The summed E-state index contributed by atoms with van der Waals surface area (Å²) in [6.45, 7) is 15.4. The molecule has 166 valence electrons. The molecule has 0 radical (unpaired) electrons. The number of nitrogens with zero attached hydrogens (tertiary/aromatic N) is 3. The van der Waals surface area contributed by atoms with Crippen LogP contribution in [0.4, 0.5) is 0 Å². The highest BCUT2D eigenvalue weighted by atomic mass is 16.7. The molecule has 0 aromatic carbocycles. The number of carbonyl (C=O) groups is 1. The largest absolute Gasteiger partial charge is 0.496 e. The number of aromatic nitrogens is 1. The summed E-state index contributed by atoms with van der Waals surface area (Å²) in [5.41, 5.74) is 0.0179. The van der Waals surface area contributed by atoms with Crippen molar-refractivity contribution in [3.05, 3.63) is 17.8 Å². The average Bonchev–Trinajstić information content (AvgIpc) is 2.91. The van der Waals surface area contributed by atoms with Crippen molar-refractivity contribution in [2.24, 2.45) is 0 Å². The van der Waals surface area contributed by atoms with Crippen molar-refractivity contribution < 1.29 is 23.6 Å². The molecule has 2 fully saturated rings. The van der Waals surface area contributed by atoms with Crippen LogP contribution in [0, 0.1) is 0 Å². The van der Waals surface area contributed by atoms with Gasteiger partial charge in [-0.1, -0.05) is 0 Å². The van der Waals surface area contributed by atoms with E-state index < -0.39 is 24.3 Å². The summed E-state index contributed by atoms with van der Waals surface area (Å²) in [6.07, 6.45) is 1.65. The van der Waals surface area contributed by atoms with Crippen LogP contribution in [-0.4, -0.2) is 92.1 Å². The van der Waals surface area contributed by atoms with Gasteiger partial charge in [-0.05, 0) is 47.7 Å². The van der Waals surface area contributed by atoms with Crippen molar-refractivity contribution in [3.63, 3.8) is 0 Å². The van der Waals surface area contributed by atoms with Gasteiger partial charge in [0.2, 0.25) is 5.88 Å². The van der Waals surface area contributed by atoms with E-state index in [-0.39, 0.29) is 12.5 Å². The Kier molecular flexibility index (Phi) is 7.07. The molecule has 2 saturated heterocycles. The van der Waals surface area contributed by atoms with Crippen LogP contribution in [0.3, 0.4) is 0 Å². The molecule has 0 amide bonds. The maximum absolute atomic E-state index is 12.5. The summed E-state index contributed by atoms with van der Waals surface area (Å²) in [5, 5.41) is 0. The van der Waals surface area contributed by atoms with Gasteiger partial charge in [0.25, 0.3) is 0 Å². The monoisotopic (exact) mass is 419 g/mol. The molecular formula is C21H34BN3O5. The molecule has 9 heteroatoms. The fraction of sp³-hybridized carbons (Fsp3) is 0.714. The molecule has 0 atom stereocenters. The first kappa shape index (κ1) is 23.0. The Labute approximate surface area is 180 Å². The fourth-order valence-corrected chi connectivity index (χ4v) is 3.39. The summed E-state index contributed by atoms with van der Waals surface area (Å²) >= 11 is 0. The van der Waals surface area contributed by atoms with Crippen LogP contribution >= 0.6 is 0 Å². The van der Waals surface area contributed by atoms with Gasteiger partial charge in [0.1, 0.15) is 12.2 Å². The van der Waals surface area contributed by atoms with Gasteiger partial charge in [-0.15, -0.1) is 0 Å². The van der Waals surface area contributed by atoms with Crippen LogP contribution in [0.2, 0.25) is 0 Å². The number of ether oxygens (including phenoxy) is 2. The third kappa shape index (κ3) is 5.14. The number of likely N-dealkylation sites (N-methyl/N-ethyl adjacent to an activating group) is 1. The zero-order valence-electron chi connectivity index (χ0n) is 19.1. The third-order valence-electron chi connectivity index (χ3n) is 6.14. The quantitative estimate of drug-likeness (QED) is 0.482. The minimum absolute atomic E-state index is 0.278. The number of esters is 1. The zero-order valence-corrected chi connectivity index (χ0v) is 19.1. The molecule has 0 saturated carbocycles. The number of hydrogen-bond donors (Lipinski definition) is 0. The van der Waals surface area contributed by atoms with Gasteiger partial charge in [0.15, 0.2) is 0 Å². The van der Waals surface area contributed by atoms with Crippen LogP contribution in [-0.2, 0) is 14.0 Å². The molecule has 2 aliphatic heterocycles. The Morgan fingerprint density at radius 1 is 1.17 bits per heavy atom. The maximum atomic E-state index is 12.5. The first-order valence-electron chi connectivity index (χ1n) is 10.7. The van der Waals surface area contributed by atoms with E-state index in [1.54, 1.807) is 19.2 Å². The molecule has 3 rings (SSSR count). The third-order valence-corrected chi connectivity index (χ3v) is 6.14. The molecule has 8 nitrogen and oxygen atoms in total. The molecule has 3 heterocycles. The lowest BCUT2D eigenvalue weighted by molar-refractivity contribution is 0.00578. The molecule has 0 N–H and O–H groups in total. The van der Waals surface area contributed by atoms with E-state index in [1.165, 1.54) is 0 Å². The Morgan fingerprint density at radius 2 is 1.80 bits per heavy atom. The number of hydrogen-bond acceptors (Lipinski definition) is 8. The lowest BCUT2D eigenvalue weighted by atomic mass is 9.79. The van der Waals surface area contributed by atoms with Gasteiger partial charge in [-0.3, -0.25) is 4.90 Å². The Bertz CT molecular complexity index is 734. The molecule has 1 aromatic rings. The van der Waals surface area contributed by atoms with Crippen LogP contribution < -0.4 is 10.2 Å². The topological polar surface area (TPSA) is 73.4 Å². The lowest BCUT2D eigenvalue weighted by Crippen LogP contribution is -2.45. The summed E-state index contributed by atoms with van der Waals surface area (Å²) in [4.78, 5) is 21.6. The lowest BCUT2D eigenvalue weighted by Gasteiger charge is -2.32. The normalized spacial score (nSPS) is 21.6. The van der Waals surface area contributed by atoms with E-state index in [1.807, 2.05) is 27.7 Å². The van der Waals surface area contributed by atoms with Crippen molar-refractivity contribution in [2.75, 3.05) is 53.0 Å².